The third kappa shape index (κ3) is 2.47. The van der Waals surface area contributed by atoms with Crippen molar-refractivity contribution in [3.05, 3.63) is 29.3 Å². The van der Waals surface area contributed by atoms with Crippen LogP contribution in [0.25, 0.3) is 0 Å². The Labute approximate surface area is 106 Å². The highest BCUT2D eigenvalue weighted by molar-refractivity contribution is 5.34. The van der Waals surface area contributed by atoms with Gasteiger partial charge in [-0.25, -0.2) is 8.78 Å². The van der Waals surface area contributed by atoms with Crippen LogP contribution < -0.4 is 10.1 Å². The SMILES string of the molecule is COc1ccc(F)c([C@H](C)N2CCNCC2)c1F. The van der Waals surface area contributed by atoms with Gasteiger partial charge in [-0.05, 0) is 19.1 Å². The van der Waals surface area contributed by atoms with Gasteiger partial charge in [0, 0.05) is 37.8 Å². The number of piperazine rings is 1. The van der Waals surface area contributed by atoms with Crippen molar-refractivity contribution < 1.29 is 13.5 Å². The maximum atomic E-state index is 14.1. The van der Waals surface area contributed by atoms with Gasteiger partial charge in [-0.1, -0.05) is 0 Å². The Kier molecular flexibility index (Phi) is 4.14. The molecule has 1 N–H and O–H groups in total. The molecule has 0 aliphatic carbocycles. The summed E-state index contributed by atoms with van der Waals surface area (Å²) >= 11 is 0. The summed E-state index contributed by atoms with van der Waals surface area (Å²) in [6.45, 7) is 5.09. The monoisotopic (exact) mass is 256 g/mol. The minimum Gasteiger partial charge on any atom is -0.494 e. The summed E-state index contributed by atoms with van der Waals surface area (Å²) in [5.74, 6) is -1.02. The van der Waals surface area contributed by atoms with Gasteiger partial charge in [-0.3, -0.25) is 4.90 Å². The molecule has 18 heavy (non-hydrogen) atoms. The zero-order chi connectivity index (χ0) is 13.1. The van der Waals surface area contributed by atoms with Crippen LogP contribution >= 0.6 is 0 Å². The van der Waals surface area contributed by atoms with Crippen molar-refractivity contribution in [2.45, 2.75) is 13.0 Å². The first kappa shape index (κ1) is 13.2. The van der Waals surface area contributed by atoms with Gasteiger partial charge in [-0.2, -0.15) is 0 Å². The molecule has 0 unspecified atom stereocenters. The first-order chi connectivity index (χ1) is 8.65. The molecule has 1 aromatic rings. The topological polar surface area (TPSA) is 24.5 Å². The number of hydrogen-bond acceptors (Lipinski definition) is 3. The van der Waals surface area contributed by atoms with E-state index in [0.717, 1.165) is 26.2 Å². The molecule has 5 heteroatoms. The van der Waals surface area contributed by atoms with E-state index in [0.29, 0.717) is 0 Å². The third-order valence-corrected chi connectivity index (χ3v) is 3.43. The number of ether oxygens (including phenoxy) is 1. The van der Waals surface area contributed by atoms with Crippen molar-refractivity contribution in [3.8, 4) is 5.75 Å². The average Bonchev–Trinajstić information content (AvgIpc) is 2.40. The normalized spacial score (nSPS) is 18.7. The first-order valence-corrected chi connectivity index (χ1v) is 6.11. The maximum Gasteiger partial charge on any atom is 0.172 e. The summed E-state index contributed by atoms with van der Waals surface area (Å²) in [5.41, 5.74) is 0.0938. The first-order valence-electron chi connectivity index (χ1n) is 6.11. The van der Waals surface area contributed by atoms with Crippen LogP contribution in [0.5, 0.6) is 5.75 Å². The molecular formula is C13H18F2N2O. The van der Waals surface area contributed by atoms with Crippen molar-refractivity contribution in [1.82, 2.24) is 10.2 Å². The second-order valence-corrected chi connectivity index (χ2v) is 4.44. The van der Waals surface area contributed by atoms with Crippen LogP contribution in [0.4, 0.5) is 8.78 Å². The van der Waals surface area contributed by atoms with Crippen molar-refractivity contribution in [2.24, 2.45) is 0 Å². The zero-order valence-electron chi connectivity index (χ0n) is 10.7. The highest BCUT2D eigenvalue weighted by Crippen LogP contribution is 2.30. The second-order valence-electron chi connectivity index (χ2n) is 4.44. The molecule has 0 spiro atoms. The molecule has 100 valence electrons. The fourth-order valence-corrected chi connectivity index (χ4v) is 2.34. The van der Waals surface area contributed by atoms with E-state index in [1.54, 1.807) is 0 Å². The summed E-state index contributed by atoms with van der Waals surface area (Å²) < 4.78 is 32.9. The van der Waals surface area contributed by atoms with Gasteiger partial charge in [0.1, 0.15) is 5.82 Å². The van der Waals surface area contributed by atoms with Gasteiger partial charge >= 0.3 is 0 Å². The van der Waals surface area contributed by atoms with E-state index < -0.39 is 11.6 Å². The van der Waals surface area contributed by atoms with E-state index in [1.165, 1.54) is 19.2 Å². The molecular weight excluding hydrogens is 238 g/mol. The molecule has 1 heterocycles. The summed E-state index contributed by atoms with van der Waals surface area (Å²) in [6.07, 6.45) is 0. The van der Waals surface area contributed by atoms with Crippen molar-refractivity contribution in [3.63, 3.8) is 0 Å². The molecule has 0 aromatic heterocycles. The van der Waals surface area contributed by atoms with E-state index in [2.05, 4.69) is 10.2 Å². The van der Waals surface area contributed by atoms with Crippen LogP contribution in [0.1, 0.15) is 18.5 Å². The smallest absolute Gasteiger partial charge is 0.172 e. The minimum absolute atomic E-state index is 0.0911. The molecule has 1 fully saturated rings. The van der Waals surface area contributed by atoms with Crippen LogP contribution in [0.3, 0.4) is 0 Å². The summed E-state index contributed by atoms with van der Waals surface area (Å²) in [6, 6.07) is 2.29. The number of hydrogen-bond donors (Lipinski definition) is 1. The predicted octanol–water partition coefficient (Wildman–Crippen LogP) is 1.94. The van der Waals surface area contributed by atoms with E-state index in [-0.39, 0.29) is 17.4 Å². The Morgan fingerprint density at radius 2 is 1.94 bits per heavy atom. The van der Waals surface area contributed by atoms with E-state index in [1.807, 2.05) is 6.92 Å². The Morgan fingerprint density at radius 3 is 2.56 bits per heavy atom. The number of rotatable bonds is 3. The lowest BCUT2D eigenvalue weighted by Gasteiger charge is -2.33. The number of benzene rings is 1. The molecule has 1 aliphatic rings. The molecule has 1 saturated heterocycles. The molecule has 0 bridgehead atoms. The molecule has 0 saturated carbocycles. The van der Waals surface area contributed by atoms with Gasteiger partial charge in [0.15, 0.2) is 11.6 Å². The minimum atomic E-state index is -0.594. The zero-order valence-corrected chi connectivity index (χ0v) is 10.7. The van der Waals surface area contributed by atoms with E-state index in [4.69, 9.17) is 4.74 Å². The average molecular weight is 256 g/mol. The Morgan fingerprint density at radius 1 is 1.28 bits per heavy atom. The number of methoxy groups -OCH3 is 1. The van der Waals surface area contributed by atoms with Crippen molar-refractivity contribution >= 4 is 0 Å². The van der Waals surface area contributed by atoms with Crippen molar-refractivity contribution in [2.75, 3.05) is 33.3 Å². The van der Waals surface area contributed by atoms with Crippen LogP contribution in [0.15, 0.2) is 12.1 Å². The number of halogens is 2. The molecule has 1 atom stereocenters. The predicted molar refractivity (Wildman–Crippen MR) is 65.8 cm³/mol. The number of nitrogens with zero attached hydrogens (tertiary/aromatic N) is 1. The molecule has 1 aliphatic heterocycles. The molecule has 2 rings (SSSR count). The van der Waals surface area contributed by atoms with Crippen LogP contribution in [0.2, 0.25) is 0 Å². The largest absolute Gasteiger partial charge is 0.494 e. The lowest BCUT2D eigenvalue weighted by Crippen LogP contribution is -2.44. The summed E-state index contributed by atoms with van der Waals surface area (Å²) in [4.78, 5) is 2.07. The molecule has 0 radical (unpaired) electrons. The Bertz CT molecular complexity index is 420. The number of nitrogens with one attached hydrogen (secondary N) is 1. The molecule has 0 amide bonds. The highest BCUT2D eigenvalue weighted by atomic mass is 19.1. The van der Waals surface area contributed by atoms with Crippen molar-refractivity contribution in [1.29, 1.82) is 0 Å². The van der Waals surface area contributed by atoms with E-state index in [9.17, 15) is 8.78 Å². The molecule has 3 nitrogen and oxygen atoms in total. The standard InChI is InChI=1S/C13H18F2N2O/c1-9(17-7-5-16-6-8-17)12-10(14)3-4-11(18-2)13(12)15/h3-4,9,16H,5-8H2,1-2H3/t9-/m0/s1. The molecule has 1 aromatic carbocycles. The van der Waals surface area contributed by atoms with Gasteiger partial charge in [0.2, 0.25) is 0 Å². The third-order valence-electron chi connectivity index (χ3n) is 3.43. The van der Waals surface area contributed by atoms with Gasteiger partial charge in [0.25, 0.3) is 0 Å². The maximum absolute atomic E-state index is 14.1. The summed E-state index contributed by atoms with van der Waals surface area (Å²) in [7, 11) is 1.38. The fraction of sp³-hybridized carbons (Fsp3) is 0.538. The quantitative estimate of drug-likeness (QED) is 0.894. The van der Waals surface area contributed by atoms with Crippen LogP contribution in [-0.2, 0) is 0 Å². The highest BCUT2D eigenvalue weighted by Gasteiger charge is 2.25. The lowest BCUT2D eigenvalue weighted by atomic mass is 10.0. The Balaban J connectivity index is 2.30. The van der Waals surface area contributed by atoms with E-state index >= 15 is 0 Å². The van der Waals surface area contributed by atoms with Crippen LogP contribution in [0, 0.1) is 11.6 Å². The van der Waals surface area contributed by atoms with Gasteiger partial charge in [0.05, 0.1) is 7.11 Å². The van der Waals surface area contributed by atoms with Crippen LogP contribution in [-0.4, -0.2) is 38.2 Å². The van der Waals surface area contributed by atoms with Gasteiger partial charge < -0.3 is 10.1 Å². The van der Waals surface area contributed by atoms with Gasteiger partial charge in [-0.15, -0.1) is 0 Å². The second kappa shape index (κ2) is 5.63. The Hall–Kier alpha value is -1.20. The summed E-state index contributed by atoms with van der Waals surface area (Å²) in [5, 5.41) is 3.22. The fourth-order valence-electron chi connectivity index (χ4n) is 2.34. The lowest BCUT2D eigenvalue weighted by molar-refractivity contribution is 0.178.